The normalized spacial score (nSPS) is 15.5. The number of hydrogen-bond donors (Lipinski definition) is 1. The van der Waals surface area contributed by atoms with E-state index >= 15 is 0 Å². The third-order valence-corrected chi connectivity index (χ3v) is 2.76. The highest BCUT2D eigenvalue weighted by Crippen LogP contribution is 2.19. The standard InChI is InChI=1S/C12H17N/c1-2-4-10-5-3-6-11-7-8-13-9-12(10)11/h3,5-6,13H,2,4,7-9H2,1H3. The van der Waals surface area contributed by atoms with E-state index in [0.717, 1.165) is 13.1 Å². The van der Waals surface area contributed by atoms with E-state index in [4.69, 9.17) is 0 Å². The van der Waals surface area contributed by atoms with Crippen LogP contribution in [0.2, 0.25) is 0 Å². The highest BCUT2D eigenvalue weighted by molar-refractivity contribution is 5.36. The van der Waals surface area contributed by atoms with Crippen molar-refractivity contribution in [2.45, 2.75) is 32.7 Å². The Morgan fingerprint density at radius 2 is 2.31 bits per heavy atom. The molecule has 1 N–H and O–H groups in total. The summed E-state index contributed by atoms with van der Waals surface area (Å²) in [5.41, 5.74) is 4.67. The van der Waals surface area contributed by atoms with Gasteiger partial charge in [0.05, 0.1) is 0 Å². The maximum Gasteiger partial charge on any atom is 0.0211 e. The molecule has 1 aromatic rings. The third-order valence-electron chi connectivity index (χ3n) is 2.76. The van der Waals surface area contributed by atoms with Gasteiger partial charge in [0.25, 0.3) is 0 Å². The summed E-state index contributed by atoms with van der Waals surface area (Å²) in [6, 6.07) is 6.75. The highest BCUT2D eigenvalue weighted by atomic mass is 14.9. The molecular formula is C12H17N. The molecule has 0 saturated heterocycles. The number of hydrogen-bond acceptors (Lipinski definition) is 1. The number of benzene rings is 1. The Kier molecular flexibility index (Phi) is 2.65. The molecule has 0 spiro atoms. The predicted molar refractivity (Wildman–Crippen MR) is 55.8 cm³/mol. The Morgan fingerprint density at radius 1 is 1.38 bits per heavy atom. The fourth-order valence-electron chi connectivity index (χ4n) is 2.09. The molecule has 70 valence electrons. The summed E-state index contributed by atoms with van der Waals surface area (Å²) >= 11 is 0. The Balaban J connectivity index is 2.34. The Morgan fingerprint density at radius 3 is 3.15 bits per heavy atom. The average molecular weight is 175 g/mol. The van der Waals surface area contributed by atoms with Crippen molar-refractivity contribution in [3.63, 3.8) is 0 Å². The van der Waals surface area contributed by atoms with Crippen LogP contribution in [0.5, 0.6) is 0 Å². The van der Waals surface area contributed by atoms with Crippen LogP contribution >= 0.6 is 0 Å². The summed E-state index contributed by atoms with van der Waals surface area (Å²) in [7, 11) is 0. The lowest BCUT2D eigenvalue weighted by atomic mass is 9.94. The van der Waals surface area contributed by atoms with Gasteiger partial charge < -0.3 is 5.32 Å². The Bertz CT molecular complexity index is 291. The lowest BCUT2D eigenvalue weighted by Crippen LogP contribution is -2.24. The van der Waals surface area contributed by atoms with Gasteiger partial charge in [-0.3, -0.25) is 0 Å². The van der Waals surface area contributed by atoms with Crippen molar-refractivity contribution in [1.29, 1.82) is 0 Å². The molecule has 1 nitrogen and oxygen atoms in total. The van der Waals surface area contributed by atoms with E-state index in [2.05, 4.69) is 30.4 Å². The van der Waals surface area contributed by atoms with Crippen LogP contribution in [-0.2, 0) is 19.4 Å². The van der Waals surface area contributed by atoms with E-state index in [0.29, 0.717) is 0 Å². The van der Waals surface area contributed by atoms with Crippen LogP contribution in [0, 0.1) is 0 Å². The molecular weight excluding hydrogens is 158 g/mol. The molecule has 1 heteroatoms. The van der Waals surface area contributed by atoms with Gasteiger partial charge in [0.1, 0.15) is 0 Å². The zero-order valence-corrected chi connectivity index (χ0v) is 8.27. The molecule has 0 atom stereocenters. The average Bonchev–Trinajstić information content (AvgIpc) is 2.19. The molecule has 0 radical (unpaired) electrons. The predicted octanol–water partition coefficient (Wildman–Crippen LogP) is 2.28. The van der Waals surface area contributed by atoms with Crippen molar-refractivity contribution in [3.8, 4) is 0 Å². The maximum atomic E-state index is 3.44. The van der Waals surface area contributed by atoms with Crippen molar-refractivity contribution in [1.82, 2.24) is 5.32 Å². The molecule has 0 aromatic heterocycles. The van der Waals surface area contributed by atoms with Gasteiger partial charge in [-0.25, -0.2) is 0 Å². The van der Waals surface area contributed by atoms with Crippen LogP contribution in [0.1, 0.15) is 30.0 Å². The molecule has 0 unspecified atom stereocenters. The minimum atomic E-state index is 1.07. The molecule has 1 aliphatic heterocycles. The molecule has 13 heavy (non-hydrogen) atoms. The van der Waals surface area contributed by atoms with E-state index < -0.39 is 0 Å². The molecule has 2 rings (SSSR count). The lowest BCUT2D eigenvalue weighted by Gasteiger charge is -2.20. The fourth-order valence-corrected chi connectivity index (χ4v) is 2.09. The number of rotatable bonds is 2. The zero-order valence-electron chi connectivity index (χ0n) is 8.27. The van der Waals surface area contributed by atoms with E-state index in [-0.39, 0.29) is 0 Å². The van der Waals surface area contributed by atoms with Crippen molar-refractivity contribution in [2.24, 2.45) is 0 Å². The summed E-state index contributed by atoms with van der Waals surface area (Å²) in [4.78, 5) is 0. The second kappa shape index (κ2) is 3.93. The Hall–Kier alpha value is -0.820. The van der Waals surface area contributed by atoms with Gasteiger partial charge in [0.2, 0.25) is 0 Å². The van der Waals surface area contributed by atoms with Gasteiger partial charge in [-0.1, -0.05) is 31.5 Å². The first-order valence-corrected chi connectivity index (χ1v) is 5.22. The van der Waals surface area contributed by atoms with Crippen molar-refractivity contribution < 1.29 is 0 Å². The van der Waals surface area contributed by atoms with Crippen LogP contribution in [0.25, 0.3) is 0 Å². The second-order valence-electron chi connectivity index (χ2n) is 3.73. The summed E-state index contributed by atoms with van der Waals surface area (Å²) in [5, 5.41) is 3.44. The van der Waals surface area contributed by atoms with Crippen LogP contribution in [0.3, 0.4) is 0 Å². The van der Waals surface area contributed by atoms with Crippen molar-refractivity contribution in [3.05, 3.63) is 34.9 Å². The van der Waals surface area contributed by atoms with Gasteiger partial charge in [-0.2, -0.15) is 0 Å². The van der Waals surface area contributed by atoms with E-state index in [1.165, 1.54) is 19.3 Å². The first-order valence-electron chi connectivity index (χ1n) is 5.22. The number of nitrogens with one attached hydrogen (secondary N) is 1. The minimum absolute atomic E-state index is 1.07. The Labute approximate surface area is 80.2 Å². The van der Waals surface area contributed by atoms with Crippen LogP contribution in [-0.4, -0.2) is 6.54 Å². The fraction of sp³-hybridized carbons (Fsp3) is 0.500. The van der Waals surface area contributed by atoms with Crippen molar-refractivity contribution >= 4 is 0 Å². The number of aryl methyl sites for hydroxylation is 1. The highest BCUT2D eigenvalue weighted by Gasteiger charge is 2.10. The quantitative estimate of drug-likeness (QED) is 0.727. The third kappa shape index (κ3) is 1.75. The van der Waals surface area contributed by atoms with Gasteiger partial charge in [0.15, 0.2) is 0 Å². The van der Waals surface area contributed by atoms with Crippen LogP contribution in [0.4, 0.5) is 0 Å². The van der Waals surface area contributed by atoms with Crippen LogP contribution in [0.15, 0.2) is 18.2 Å². The summed E-state index contributed by atoms with van der Waals surface area (Å²) in [6.45, 7) is 4.46. The van der Waals surface area contributed by atoms with Gasteiger partial charge in [0, 0.05) is 6.54 Å². The van der Waals surface area contributed by atoms with E-state index in [9.17, 15) is 0 Å². The molecule has 1 aromatic carbocycles. The summed E-state index contributed by atoms with van der Waals surface area (Å²) in [6.07, 6.45) is 3.67. The van der Waals surface area contributed by atoms with Gasteiger partial charge >= 0.3 is 0 Å². The first kappa shape index (κ1) is 8.76. The minimum Gasteiger partial charge on any atom is -0.312 e. The van der Waals surface area contributed by atoms with Gasteiger partial charge in [-0.05, 0) is 36.1 Å². The SMILES string of the molecule is CCCc1cccc2c1CNCC2. The maximum absolute atomic E-state index is 3.44. The first-order chi connectivity index (χ1) is 6.42. The van der Waals surface area contributed by atoms with Crippen LogP contribution < -0.4 is 5.32 Å². The molecule has 0 amide bonds. The lowest BCUT2D eigenvalue weighted by molar-refractivity contribution is 0.636. The molecule has 0 bridgehead atoms. The second-order valence-corrected chi connectivity index (χ2v) is 3.73. The zero-order chi connectivity index (χ0) is 9.10. The monoisotopic (exact) mass is 175 g/mol. The molecule has 0 fully saturated rings. The summed E-state index contributed by atoms with van der Waals surface area (Å²) < 4.78 is 0. The smallest absolute Gasteiger partial charge is 0.0211 e. The largest absolute Gasteiger partial charge is 0.312 e. The van der Waals surface area contributed by atoms with Crippen molar-refractivity contribution in [2.75, 3.05) is 6.54 Å². The summed E-state index contributed by atoms with van der Waals surface area (Å²) in [5.74, 6) is 0. The van der Waals surface area contributed by atoms with Gasteiger partial charge in [-0.15, -0.1) is 0 Å². The number of fused-ring (bicyclic) bond motifs is 1. The van der Waals surface area contributed by atoms with E-state index in [1.54, 1.807) is 16.7 Å². The molecule has 1 heterocycles. The molecule has 1 aliphatic rings. The molecule has 0 aliphatic carbocycles. The molecule has 0 saturated carbocycles. The van der Waals surface area contributed by atoms with E-state index in [1.807, 2.05) is 0 Å². The topological polar surface area (TPSA) is 12.0 Å².